The smallest absolute Gasteiger partial charge is 0.304 e. The number of aromatic nitrogens is 1. The first-order valence-electron chi connectivity index (χ1n) is 5.24. The van der Waals surface area contributed by atoms with Gasteiger partial charge in [0, 0.05) is 23.0 Å². The van der Waals surface area contributed by atoms with Gasteiger partial charge in [-0.2, -0.15) is 0 Å². The first-order chi connectivity index (χ1) is 6.81. The van der Waals surface area contributed by atoms with E-state index in [1.807, 2.05) is 0 Å². The lowest BCUT2D eigenvalue weighted by molar-refractivity contribution is 0.676. The summed E-state index contributed by atoms with van der Waals surface area (Å²) in [6, 6.07) is 0. The number of hydrogen-bond acceptors (Lipinski definition) is 3. The summed E-state index contributed by atoms with van der Waals surface area (Å²) >= 11 is 1.36. The molecule has 1 fully saturated rings. The van der Waals surface area contributed by atoms with E-state index in [2.05, 4.69) is 17.2 Å². The summed E-state index contributed by atoms with van der Waals surface area (Å²) in [6.07, 6.45) is 3.62. The number of thiazole rings is 1. The highest BCUT2D eigenvalue weighted by Gasteiger charge is 2.28. The molecule has 0 aromatic carbocycles. The van der Waals surface area contributed by atoms with Gasteiger partial charge in [-0.3, -0.25) is 4.79 Å². The van der Waals surface area contributed by atoms with E-state index in [0.29, 0.717) is 5.92 Å². The third-order valence-corrected chi connectivity index (χ3v) is 3.35. The van der Waals surface area contributed by atoms with E-state index in [1.54, 1.807) is 0 Å². The quantitative estimate of drug-likeness (QED) is 0.731. The average Bonchev–Trinajstić information content (AvgIpc) is 2.92. The first-order valence-corrected chi connectivity index (χ1v) is 6.05. The third-order valence-electron chi connectivity index (χ3n) is 2.45. The molecule has 3 nitrogen and oxygen atoms in total. The van der Waals surface area contributed by atoms with Crippen molar-refractivity contribution in [1.29, 1.82) is 0 Å². The summed E-state index contributed by atoms with van der Waals surface area (Å²) in [7, 11) is 0. The highest BCUT2D eigenvalue weighted by Crippen LogP contribution is 2.40. The van der Waals surface area contributed by atoms with Crippen molar-refractivity contribution in [3.05, 3.63) is 20.2 Å². The van der Waals surface area contributed by atoms with Gasteiger partial charge in [0.25, 0.3) is 0 Å². The normalized spacial score (nSPS) is 16.1. The lowest BCUT2D eigenvalue weighted by Crippen LogP contribution is -2.13. The van der Waals surface area contributed by atoms with Crippen LogP contribution in [0.2, 0.25) is 0 Å². The van der Waals surface area contributed by atoms with Crippen molar-refractivity contribution in [1.82, 2.24) is 10.3 Å². The molecule has 1 heterocycles. The van der Waals surface area contributed by atoms with Crippen LogP contribution in [0.1, 0.15) is 42.7 Å². The lowest BCUT2D eigenvalue weighted by atomic mass is 10.2. The van der Waals surface area contributed by atoms with Crippen LogP contribution in [-0.2, 0) is 6.54 Å². The van der Waals surface area contributed by atoms with Crippen LogP contribution in [-0.4, -0.2) is 11.5 Å². The average molecular weight is 212 g/mol. The van der Waals surface area contributed by atoms with Crippen LogP contribution < -0.4 is 10.2 Å². The van der Waals surface area contributed by atoms with Crippen LogP contribution >= 0.6 is 11.3 Å². The Hall–Kier alpha value is -0.610. The van der Waals surface area contributed by atoms with Crippen molar-refractivity contribution >= 4 is 11.3 Å². The number of hydrogen-bond donors (Lipinski definition) is 2. The van der Waals surface area contributed by atoms with Crippen LogP contribution in [0.15, 0.2) is 4.79 Å². The summed E-state index contributed by atoms with van der Waals surface area (Å²) in [5.41, 5.74) is 1.20. The molecular formula is C10H16N2OS. The van der Waals surface area contributed by atoms with E-state index in [1.165, 1.54) is 34.7 Å². The maximum Gasteiger partial charge on any atom is 0.304 e. The van der Waals surface area contributed by atoms with Crippen molar-refractivity contribution in [2.45, 2.75) is 38.6 Å². The molecule has 1 aliphatic rings. The van der Waals surface area contributed by atoms with Gasteiger partial charge in [0.15, 0.2) is 0 Å². The zero-order chi connectivity index (χ0) is 9.97. The fourth-order valence-corrected chi connectivity index (χ4v) is 2.47. The summed E-state index contributed by atoms with van der Waals surface area (Å²) in [5, 5.41) is 3.34. The molecule has 0 spiro atoms. The monoisotopic (exact) mass is 212 g/mol. The van der Waals surface area contributed by atoms with Crippen LogP contribution in [0.5, 0.6) is 0 Å². The van der Waals surface area contributed by atoms with E-state index in [9.17, 15) is 4.79 Å². The molecule has 78 valence electrons. The summed E-state index contributed by atoms with van der Waals surface area (Å²) in [6.45, 7) is 4.02. The number of rotatable bonds is 5. The largest absolute Gasteiger partial charge is 0.316 e. The molecule has 1 aliphatic carbocycles. The van der Waals surface area contributed by atoms with Gasteiger partial charge >= 0.3 is 4.87 Å². The van der Waals surface area contributed by atoms with Gasteiger partial charge in [-0.1, -0.05) is 18.3 Å². The van der Waals surface area contributed by atoms with E-state index < -0.39 is 0 Å². The van der Waals surface area contributed by atoms with E-state index in [0.717, 1.165) is 19.5 Å². The van der Waals surface area contributed by atoms with Gasteiger partial charge in [0.05, 0.1) is 0 Å². The molecule has 2 rings (SSSR count). The van der Waals surface area contributed by atoms with Crippen LogP contribution in [0.4, 0.5) is 0 Å². The molecule has 4 heteroatoms. The molecule has 0 saturated heterocycles. The Bertz CT molecular complexity index is 351. The Morgan fingerprint density at radius 3 is 3.00 bits per heavy atom. The Labute approximate surface area is 87.6 Å². The second-order valence-electron chi connectivity index (χ2n) is 3.80. The summed E-state index contributed by atoms with van der Waals surface area (Å²) in [5.74, 6) is 0.646. The van der Waals surface area contributed by atoms with Gasteiger partial charge in [-0.25, -0.2) is 0 Å². The van der Waals surface area contributed by atoms with Crippen molar-refractivity contribution < 1.29 is 0 Å². The predicted molar refractivity (Wildman–Crippen MR) is 58.9 cm³/mol. The zero-order valence-corrected chi connectivity index (χ0v) is 9.25. The van der Waals surface area contributed by atoms with Crippen LogP contribution in [0, 0.1) is 0 Å². The highest BCUT2D eigenvalue weighted by molar-refractivity contribution is 7.09. The van der Waals surface area contributed by atoms with Crippen molar-refractivity contribution in [2.24, 2.45) is 0 Å². The first kappa shape index (κ1) is 9.93. The van der Waals surface area contributed by atoms with Gasteiger partial charge < -0.3 is 10.3 Å². The third kappa shape index (κ3) is 2.25. The van der Waals surface area contributed by atoms with E-state index in [-0.39, 0.29) is 4.87 Å². The second kappa shape index (κ2) is 4.28. The summed E-state index contributed by atoms with van der Waals surface area (Å²) in [4.78, 5) is 15.5. The molecule has 1 aromatic rings. The Kier molecular flexibility index (Phi) is 3.03. The fraction of sp³-hybridized carbons (Fsp3) is 0.700. The minimum atomic E-state index is 0.0974. The predicted octanol–water partition coefficient (Wildman–Crippen LogP) is 1.81. The second-order valence-corrected chi connectivity index (χ2v) is 4.87. The molecule has 0 radical (unpaired) electrons. The topological polar surface area (TPSA) is 44.9 Å². The van der Waals surface area contributed by atoms with Crippen molar-refractivity contribution in [2.75, 3.05) is 6.54 Å². The van der Waals surface area contributed by atoms with Gasteiger partial charge in [0.1, 0.15) is 0 Å². The minimum absolute atomic E-state index is 0.0974. The van der Waals surface area contributed by atoms with Crippen LogP contribution in [0.25, 0.3) is 0 Å². The molecule has 0 amide bonds. The number of H-pyrrole nitrogens is 1. The van der Waals surface area contributed by atoms with Gasteiger partial charge in [-0.15, -0.1) is 0 Å². The Morgan fingerprint density at radius 2 is 2.36 bits per heavy atom. The molecule has 0 atom stereocenters. The number of aromatic amines is 1. The van der Waals surface area contributed by atoms with Gasteiger partial charge in [0.2, 0.25) is 0 Å². The molecule has 1 aromatic heterocycles. The Balaban J connectivity index is 2.03. The standard InChI is InChI=1S/C10H16N2OS/c1-2-5-11-6-8-9(7-3-4-7)12-10(13)14-8/h7,11H,2-6H2,1H3,(H,12,13). The maximum absolute atomic E-state index is 11.2. The zero-order valence-electron chi connectivity index (χ0n) is 8.43. The molecule has 0 aliphatic heterocycles. The van der Waals surface area contributed by atoms with Crippen molar-refractivity contribution in [3.8, 4) is 0 Å². The molecule has 14 heavy (non-hydrogen) atoms. The molecule has 0 bridgehead atoms. The molecule has 1 saturated carbocycles. The summed E-state index contributed by atoms with van der Waals surface area (Å²) < 4.78 is 0. The highest BCUT2D eigenvalue weighted by atomic mass is 32.1. The van der Waals surface area contributed by atoms with Crippen LogP contribution in [0.3, 0.4) is 0 Å². The fourth-order valence-electron chi connectivity index (χ4n) is 1.58. The minimum Gasteiger partial charge on any atom is -0.316 e. The SMILES string of the molecule is CCCNCc1sc(=O)[nH]c1C1CC1. The van der Waals surface area contributed by atoms with E-state index in [4.69, 9.17) is 0 Å². The van der Waals surface area contributed by atoms with Crippen molar-refractivity contribution in [3.63, 3.8) is 0 Å². The van der Waals surface area contributed by atoms with Gasteiger partial charge in [-0.05, 0) is 25.8 Å². The van der Waals surface area contributed by atoms with E-state index >= 15 is 0 Å². The molecule has 2 N–H and O–H groups in total. The Morgan fingerprint density at radius 1 is 1.57 bits per heavy atom. The molecular weight excluding hydrogens is 196 g/mol. The lowest BCUT2D eigenvalue weighted by Gasteiger charge is -2.02. The maximum atomic E-state index is 11.2. The number of nitrogens with one attached hydrogen (secondary N) is 2. The molecule has 0 unspecified atom stereocenters.